The molecule has 2 atom stereocenters. The van der Waals surface area contributed by atoms with Gasteiger partial charge in [-0.15, -0.1) is 23.2 Å². The van der Waals surface area contributed by atoms with Crippen LogP contribution in [0.5, 0.6) is 0 Å². The summed E-state index contributed by atoms with van der Waals surface area (Å²) in [6, 6.07) is 20.8. The Morgan fingerprint density at radius 1 is 0.778 bits per heavy atom. The van der Waals surface area contributed by atoms with Crippen molar-refractivity contribution in [3.05, 3.63) is 100 Å². The highest BCUT2D eigenvalue weighted by atomic mass is 35.5. The molecule has 2 bridgehead atoms. The van der Waals surface area contributed by atoms with Crippen molar-refractivity contribution >= 4 is 46.6 Å². The zero-order chi connectivity index (χ0) is 25.4. The fourth-order valence-corrected chi connectivity index (χ4v) is 7.47. The summed E-state index contributed by atoms with van der Waals surface area (Å²) in [5.41, 5.74) is 5.69. The van der Waals surface area contributed by atoms with E-state index < -0.39 is 21.6 Å². The molecule has 1 N–H and O–H groups in total. The van der Waals surface area contributed by atoms with Gasteiger partial charge < -0.3 is 5.32 Å². The van der Waals surface area contributed by atoms with Crippen molar-refractivity contribution in [3.63, 3.8) is 0 Å². The van der Waals surface area contributed by atoms with Crippen molar-refractivity contribution in [1.29, 1.82) is 0 Å². The highest BCUT2D eigenvalue weighted by Gasteiger charge is 2.72. The topological polar surface area (TPSA) is 66.5 Å². The van der Waals surface area contributed by atoms with E-state index in [0.29, 0.717) is 0 Å². The Balaban J connectivity index is 1.35. The molecule has 1 heterocycles. The Labute approximate surface area is 219 Å². The SMILES string of the molecule is Cc1cccc(C)c1NC(=O)CCN1C(=O)[C@@H]2[C@@H](C1=O)C1(Cl)c3ccccc3C2(Cl)c2ccccc21. The van der Waals surface area contributed by atoms with Crippen LogP contribution in [0.1, 0.15) is 39.8 Å². The van der Waals surface area contributed by atoms with E-state index in [4.69, 9.17) is 23.2 Å². The van der Waals surface area contributed by atoms with E-state index in [1.54, 1.807) is 0 Å². The molecular formula is C29H24Cl2N2O3. The Bertz CT molecular complexity index is 1320. The average molecular weight is 519 g/mol. The van der Waals surface area contributed by atoms with Crippen molar-refractivity contribution in [2.45, 2.75) is 30.0 Å². The number of carbonyl (C=O) groups excluding carboxylic acids is 3. The molecule has 3 aliphatic carbocycles. The van der Waals surface area contributed by atoms with Crippen molar-refractivity contribution in [1.82, 2.24) is 4.90 Å². The molecule has 0 unspecified atom stereocenters. The van der Waals surface area contributed by atoms with Gasteiger partial charge in [0.2, 0.25) is 17.7 Å². The zero-order valence-electron chi connectivity index (χ0n) is 19.8. The molecule has 4 aliphatic rings. The molecule has 1 aliphatic heterocycles. The average Bonchev–Trinajstić information content (AvgIpc) is 3.14. The number of carbonyl (C=O) groups is 3. The third-order valence-corrected chi connectivity index (χ3v) is 9.27. The third-order valence-electron chi connectivity index (χ3n) is 7.98. The summed E-state index contributed by atoms with van der Waals surface area (Å²) in [5, 5.41) is 2.93. The van der Waals surface area contributed by atoms with Gasteiger partial charge in [0.25, 0.3) is 0 Å². The Morgan fingerprint density at radius 2 is 1.19 bits per heavy atom. The molecule has 3 aromatic carbocycles. The van der Waals surface area contributed by atoms with Crippen LogP contribution in [0.4, 0.5) is 5.69 Å². The molecule has 5 nitrogen and oxygen atoms in total. The molecule has 36 heavy (non-hydrogen) atoms. The lowest BCUT2D eigenvalue weighted by Gasteiger charge is -2.54. The lowest BCUT2D eigenvalue weighted by atomic mass is 9.54. The number of halogens is 2. The van der Waals surface area contributed by atoms with Gasteiger partial charge in [-0.05, 0) is 47.2 Å². The second-order valence-electron chi connectivity index (χ2n) is 9.86. The third kappa shape index (κ3) is 2.87. The smallest absolute Gasteiger partial charge is 0.235 e. The summed E-state index contributed by atoms with van der Waals surface area (Å²) in [6.07, 6.45) is -0.0187. The Morgan fingerprint density at radius 3 is 1.61 bits per heavy atom. The normalized spacial score (nSPS) is 27.5. The van der Waals surface area contributed by atoms with Crippen LogP contribution in [0.25, 0.3) is 0 Å². The number of nitrogens with zero attached hydrogens (tertiary/aromatic N) is 1. The second kappa shape index (κ2) is 7.92. The van der Waals surface area contributed by atoms with Crippen LogP contribution in [0.15, 0.2) is 66.7 Å². The van der Waals surface area contributed by atoms with E-state index in [1.807, 2.05) is 80.6 Å². The molecular weight excluding hydrogens is 495 g/mol. The molecule has 182 valence electrons. The molecule has 1 saturated heterocycles. The van der Waals surface area contributed by atoms with Gasteiger partial charge in [0.1, 0.15) is 9.75 Å². The van der Waals surface area contributed by atoms with E-state index >= 15 is 0 Å². The number of amides is 3. The summed E-state index contributed by atoms with van der Waals surface area (Å²) < 4.78 is 0. The quantitative estimate of drug-likeness (QED) is 0.380. The Hall–Kier alpha value is -3.15. The molecule has 0 aromatic heterocycles. The first kappa shape index (κ1) is 23.3. The fraction of sp³-hybridized carbons (Fsp3) is 0.276. The van der Waals surface area contributed by atoms with Crippen LogP contribution in [0, 0.1) is 25.7 Å². The largest absolute Gasteiger partial charge is 0.326 e. The zero-order valence-corrected chi connectivity index (χ0v) is 21.4. The van der Waals surface area contributed by atoms with Gasteiger partial charge in [0.05, 0.1) is 11.8 Å². The lowest BCUT2D eigenvalue weighted by Crippen LogP contribution is -2.57. The van der Waals surface area contributed by atoms with Gasteiger partial charge >= 0.3 is 0 Å². The molecule has 0 saturated carbocycles. The maximum Gasteiger partial charge on any atom is 0.235 e. The van der Waals surface area contributed by atoms with E-state index in [0.717, 1.165) is 39.1 Å². The predicted molar refractivity (Wildman–Crippen MR) is 139 cm³/mol. The number of alkyl halides is 2. The minimum atomic E-state index is -1.21. The number of imide groups is 1. The number of hydrogen-bond donors (Lipinski definition) is 1. The second-order valence-corrected chi connectivity index (χ2v) is 11.1. The van der Waals surface area contributed by atoms with Crippen LogP contribution < -0.4 is 5.32 Å². The van der Waals surface area contributed by atoms with Crippen LogP contribution in [0.2, 0.25) is 0 Å². The van der Waals surface area contributed by atoms with Gasteiger partial charge in [0.15, 0.2) is 0 Å². The van der Waals surface area contributed by atoms with Crippen LogP contribution in [0.3, 0.4) is 0 Å². The highest BCUT2D eigenvalue weighted by molar-refractivity contribution is 6.36. The van der Waals surface area contributed by atoms with E-state index in [-0.39, 0.29) is 30.7 Å². The predicted octanol–water partition coefficient (Wildman–Crippen LogP) is 5.23. The number of benzene rings is 3. The van der Waals surface area contributed by atoms with Gasteiger partial charge in [-0.3, -0.25) is 19.3 Å². The summed E-state index contributed by atoms with van der Waals surface area (Å²) in [4.78, 5) is 39.2. The highest BCUT2D eigenvalue weighted by Crippen LogP contribution is 2.69. The Kier molecular flexibility index (Phi) is 5.12. The van der Waals surface area contributed by atoms with Crippen molar-refractivity contribution in [2.75, 3.05) is 11.9 Å². The standard InChI is InChI=1S/C29H24Cl2N2O3/c1-16-8-7-9-17(2)25(16)32-22(34)14-15-33-26(35)23-24(27(33)36)29(31)19-11-4-3-10-18(19)28(23,30)20-12-5-6-13-21(20)29/h3-13,23-24H,14-15H2,1-2H3,(H,32,34)/t23-,24-,28?,29?/m0/s1. The lowest BCUT2D eigenvalue weighted by molar-refractivity contribution is -0.140. The molecule has 0 radical (unpaired) electrons. The molecule has 0 spiro atoms. The van der Waals surface area contributed by atoms with Gasteiger partial charge in [-0.25, -0.2) is 0 Å². The minimum absolute atomic E-state index is 0.0187. The van der Waals surface area contributed by atoms with Crippen molar-refractivity contribution in [2.24, 2.45) is 11.8 Å². The van der Waals surface area contributed by atoms with Gasteiger partial charge in [0, 0.05) is 18.7 Å². The number of aryl methyl sites for hydroxylation is 2. The monoisotopic (exact) mass is 518 g/mol. The van der Waals surface area contributed by atoms with E-state index in [2.05, 4.69) is 5.32 Å². The number of likely N-dealkylation sites (tertiary alicyclic amines) is 1. The van der Waals surface area contributed by atoms with E-state index in [9.17, 15) is 14.4 Å². The first-order chi connectivity index (χ1) is 17.2. The molecule has 3 aromatic rings. The summed E-state index contributed by atoms with van der Waals surface area (Å²) in [7, 11) is 0. The summed E-state index contributed by atoms with van der Waals surface area (Å²) in [6.45, 7) is 3.81. The number of anilines is 1. The number of hydrogen-bond acceptors (Lipinski definition) is 3. The summed E-state index contributed by atoms with van der Waals surface area (Å²) >= 11 is 14.8. The molecule has 7 heteroatoms. The van der Waals surface area contributed by atoms with Gasteiger partial charge in [-0.2, -0.15) is 0 Å². The van der Waals surface area contributed by atoms with Crippen LogP contribution in [-0.2, 0) is 24.1 Å². The molecule has 7 rings (SSSR count). The molecule has 1 fully saturated rings. The first-order valence-electron chi connectivity index (χ1n) is 12.0. The van der Waals surface area contributed by atoms with Crippen molar-refractivity contribution in [3.8, 4) is 0 Å². The number of rotatable bonds is 4. The van der Waals surface area contributed by atoms with Crippen molar-refractivity contribution < 1.29 is 14.4 Å². The maximum absolute atomic E-state index is 13.8. The molecule has 3 amide bonds. The van der Waals surface area contributed by atoms with Crippen LogP contribution >= 0.6 is 23.2 Å². The van der Waals surface area contributed by atoms with Crippen LogP contribution in [-0.4, -0.2) is 29.2 Å². The fourth-order valence-electron chi connectivity index (χ4n) is 6.37. The minimum Gasteiger partial charge on any atom is -0.326 e. The summed E-state index contributed by atoms with van der Waals surface area (Å²) in [5.74, 6) is -2.73. The van der Waals surface area contributed by atoms with E-state index in [1.165, 1.54) is 4.90 Å². The number of nitrogens with one attached hydrogen (secondary N) is 1. The van der Waals surface area contributed by atoms with Gasteiger partial charge in [-0.1, -0.05) is 66.7 Å². The maximum atomic E-state index is 13.8. The first-order valence-corrected chi connectivity index (χ1v) is 12.8. The number of para-hydroxylation sites is 1.